The summed E-state index contributed by atoms with van der Waals surface area (Å²) in [4.78, 5) is 28.6. The van der Waals surface area contributed by atoms with E-state index in [0.29, 0.717) is 27.1 Å². The van der Waals surface area contributed by atoms with Gasteiger partial charge in [-0.1, -0.05) is 78.7 Å². The Morgan fingerprint density at radius 2 is 1.65 bits per heavy atom. The van der Waals surface area contributed by atoms with Crippen molar-refractivity contribution in [2.24, 2.45) is 0 Å². The molecule has 12 heteroatoms. The molecule has 3 rings (SSSR count). The zero-order valence-electron chi connectivity index (χ0n) is 22.6. The smallest absolute Gasteiger partial charge is 0.243 e. The number of amides is 2. The predicted molar refractivity (Wildman–Crippen MR) is 164 cm³/mol. The highest BCUT2D eigenvalue weighted by atomic mass is 35.5. The van der Waals surface area contributed by atoms with Crippen molar-refractivity contribution in [1.82, 2.24) is 10.2 Å². The van der Waals surface area contributed by atoms with Gasteiger partial charge in [-0.05, 0) is 56.0 Å². The average molecular weight is 651 g/mol. The highest BCUT2D eigenvalue weighted by Gasteiger charge is 2.31. The van der Waals surface area contributed by atoms with Crippen LogP contribution in [0.25, 0.3) is 0 Å². The quantitative estimate of drug-likeness (QED) is 0.265. The summed E-state index contributed by atoms with van der Waals surface area (Å²) in [5.41, 5.74) is 0.786. The van der Waals surface area contributed by atoms with Gasteiger partial charge in [0.1, 0.15) is 6.04 Å². The number of hydrogen-bond donors (Lipinski definition) is 1. The molecule has 0 aromatic heterocycles. The van der Waals surface area contributed by atoms with Crippen LogP contribution < -0.4 is 9.62 Å². The van der Waals surface area contributed by atoms with Crippen LogP contribution in [0.5, 0.6) is 0 Å². The fraction of sp³-hybridized carbons (Fsp3) is 0.500. The molecule has 0 aliphatic heterocycles. The summed E-state index contributed by atoms with van der Waals surface area (Å²) in [5, 5.41) is 4.48. The minimum absolute atomic E-state index is 0.00358. The molecule has 1 saturated carbocycles. The lowest BCUT2D eigenvalue weighted by Gasteiger charge is -2.33. The number of halogens is 4. The fourth-order valence-electron chi connectivity index (χ4n) is 4.98. The second-order valence-corrected chi connectivity index (χ2v) is 13.6. The normalized spacial score (nSPS) is 14.9. The third-order valence-electron chi connectivity index (χ3n) is 7.06. The van der Waals surface area contributed by atoms with Crippen molar-refractivity contribution in [2.45, 2.75) is 76.9 Å². The molecule has 2 amide bonds. The molecule has 1 aliphatic rings. The highest BCUT2D eigenvalue weighted by molar-refractivity contribution is 7.92. The van der Waals surface area contributed by atoms with Gasteiger partial charge >= 0.3 is 0 Å². The van der Waals surface area contributed by atoms with Crippen molar-refractivity contribution >= 4 is 73.9 Å². The van der Waals surface area contributed by atoms with Crippen LogP contribution in [0.4, 0.5) is 5.69 Å². The summed E-state index contributed by atoms with van der Waals surface area (Å²) < 4.78 is 26.3. The summed E-state index contributed by atoms with van der Waals surface area (Å²) in [6, 6.07) is 9.00. The van der Waals surface area contributed by atoms with Crippen LogP contribution in [0, 0.1) is 0 Å². The van der Waals surface area contributed by atoms with Crippen LogP contribution in [0.3, 0.4) is 0 Å². The topological polar surface area (TPSA) is 86.8 Å². The van der Waals surface area contributed by atoms with Gasteiger partial charge in [-0.15, -0.1) is 0 Å². The predicted octanol–water partition coefficient (Wildman–Crippen LogP) is 7.10. The minimum Gasteiger partial charge on any atom is -0.352 e. The first kappa shape index (κ1) is 32.8. The molecule has 1 N–H and O–H groups in total. The number of carbonyl (C=O) groups is 2. The number of hydrogen-bond acceptors (Lipinski definition) is 4. The van der Waals surface area contributed by atoms with Crippen molar-refractivity contribution in [3.05, 3.63) is 62.1 Å². The van der Waals surface area contributed by atoms with Crippen LogP contribution in [0.15, 0.2) is 36.4 Å². The van der Waals surface area contributed by atoms with E-state index in [4.69, 9.17) is 46.4 Å². The molecule has 0 spiro atoms. The molecule has 2 aromatic rings. The molecular weight excluding hydrogens is 616 g/mol. The maximum absolute atomic E-state index is 13.7. The van der Waals surface area contributed by atoms with Gasteiger partial charge in [0.25, 0.3) is 0 Å². The van der Waals surface area contributed by atoms with E-state index in [1.165, 1.54) is 17.0 Å². The van der Waals surface area contributed by atoms with E-state index in [9.17, 15) is 18.0 Å². The van der Waals surface area contributed by atoms with Gasteiger partial charge < -0.3 is 10.2 Å². The minimum atomic E-state index is -3.72. The van der Waals surface area contributed by atoms with Crippen molar-refractivity contribution in [2.75, 3.05) is 17.1 Å². The van der Waals surface area contributed by atoms with Crippen molar-refractivity contribution < 1.29 is 18.0 Å². The molecule has 0 saturated heterocycles. The zero-order chi connectivity index (χ0) is 29.4. The van der Waals surface area contributed by atoms with Crippen LogP contribution in [-0.4, -0.2) is 50.0 Å². The maximum Gasteiger partial charge on any atom is 0.243 e. The molecule has 0 unspecified atom stereocenters. The summed E-state index contributed by atoms with van der Waals surface area (Å²) in [5.74, 6) is -0.526. The van der Waals surface area contributed by atoms with Gasteiger partial charge in [-0.3, -0.25) is 13.9 Å². The first-order chi connectivity index (χ1) is 18.9. The molecule has 7 nitrogen and oxygen atoms in total. The first-order valence-corrected chi connectivity index (χ1v) is 16.7. The van der Waals surface area contributed by atoms with Crippen molar-refractivity contribution in [3.8, 4) is 0 Å². The van der Waals surface area contributed by atoms with Crippen LogP contribution >= 0.6 is 46.4 Å². The lowest BCUT2D eigenvalue weighted by molar-refractivity contribution is -0.141. The number of sulfonamides is 1. The number of nitrogens with one attached hydrogen (secondary N) is 1. The zero-order valence-corrected chi connectivity index (χ0v) is 26.5. The van der Waals surface area contributed by atoms with E-state index in [2.05, 4.69) is 5.32 Å². The number of benzene rings is 2. The van der Waals surface area contributed by atoms with Crippen LogP contribution in [0.2, 0.25) is 20.1 Å². The lowest BCUT2D eigenvalue weighted by atomic mass is 9.95. The molecule has 40 heavy (non-hydrogen) atoms. The number of rotatable bonds is 12. The fourth-order valence-corrected chi connectivity index (χ4v) is 6.90. The monoisotopic (exact) mass is 649 g/mol. The second kappa shape index (κ2) is 15.0. The molecule has 1 atom stereocenters. The van der Waals surface area contributed by atoms with E-state index in [1.54, 1.807) is 24.3 Å². The highest BCUT2D eigenvalue weighted by Crippen LogP contribution is 2.31. The van der Waals surface area contributed by atoms with E-state index < -0.39 is 16.1 Å². The van der Waals surface area contributed by atoms with Gasteiger partial charge in [0.05, 0.1) is 17.0 Å². The van der Waals surface area contributed by atoms with Crippen molar-refractivity contribution in [3.63, 3.8) is 0 Å². The third kappa shape index (κ3) is 8.89. The van der Waals surface area contributed by atoms with E-state index in [1.807, 2.05) is 6.92 Å². The SMILES string of the molecule is CC[C@@H](C(=O)NC1CCCCC1)N(Cc1c(Cl)cccc1Cl)C(=O)CCCN(c1cc(Cl)ccc1Cl)S(C)(=O)=O. The molecule has 1 aliphatic carbocycles. The van der Waals surface area contributed by atoms with Gasteiger partial charge in [0.2, 0.25) is 21.8 Å². The number of anilines is 1. The van der Waals surface area contributed by atoms with E-state index >= 15 is 0 Å². The standard InChI is InChI=1S/C28H35Cl4N3O4S/c1-3-25(28(37)33-20-9-5-4-6-10-20)34(18-21-22(30)11-7-12-23(21)31)27(36)13-8-16-35(40(2,38)39)26-17-19(29)14-15-24(26)32/h7,11-12,14-15,17,20,25H,3-6,8-10,13,16,18H2,1-2H3,(H,33,37)/t25-/m0/s1. The number of carbonyl (C=O) groups excluding carboxylic acids is 2. The summed E-state index contributed by atoms with van der Waals surface area (Å²) >= 11 is 25.2. The Bertz CT molecular complexity index is 1280. The molecular formula is C28H35Cl4N3O4S. The Morgan fingerprint density at radius 1 is 1.00 bits per heavy atom. The Hall–Kier alpha value is -1.71. The molecule has 1 fully saturated rings. The van der Waals surface area contributed by atoms with Gasteiger partial charge in [-0.25, -0.2) is 8.42 Å². The molecule has 0 bridgehead atoms. The second-order valence-electron chi connectivity index (χ2n) is 10.0. The molecule has 2 aromatic carbocycles. The lowest BCUT2D eigenvalue weighted by Crippen LogP contribution is -2.51. The Kier molecular flexibility index (Phi) is 12.3. The summed E-state index contributed by atoms with van der Waals surface area (Å²) in [6.45, 7) is 1.90. The maximum atomic E-state index is 13.7. The van der Waals surface area contributed by atoms with Gasteiger partial charge in [0.15, 0.2) is 0 Å². The largest absolute Gasteiger partial charge is 0.352 e. The van der Waals surface area contributed by atoms with E-state index in [-0.39, 0.29) is 54.5 Å². The Labute approximate surface area is 257 Å². The van der Waals surface area contributed by atoms with Crippen LogP contribution in [-0.2, 0) is 26.2 Å². The third-order valence-corrected chi connectivity index (χ3v) is 9.50. The Balaban J connectivity index is 1.82. The molecule has 220 valence electrons. The molecule has 0 radical (unpaired) electrons. The molecule has 0 heterocycles. The summed E-state index contributed by atoms with van der Waals surface area (Å²) in [6.07, 6.45) is 6.74. The average Bonchev–Trinajstić information content (AvgIpc) is 2.89. The van der Waals surface area contributed by atoms with Gasteiger partial charge in [0, 0.05) is 46.2 Å². The van der Waals surface area contributed by atoms with E-state index in [0.717, 1.165) is 42.7 Å². The van der Waals surface area contributed by atoms with Crippen molar-refractivity contribution in [1.29, 1.82) is 0 Å². The Morgan fingerprint density at radius 3 is 2.25 bits per heavy atom. The summed E-state index contributed by atoms with van der Waals surface area (Å²) in [7, 11) is -3.72. The first-order valence-electron chi connectivity index (χ1n) is 13.4. The van der Waals surface area contributed by atoms with Gasteiger partial charge in [-0.2, -0.15) is 0 Å². The number of nitrogens with zero attached hydrogens (tertiary/aromatic N) is 2. The van der Waals surface area contributed by atoms with Crippen LogP contribution in [0.1, 0.15) is 63.9 Å².